The van der Waals surface area contributed by atoms with E-state index in [0.29, 0.717) is 22.6 Å². The fourth-order valence-electron chi connectivity index (χ4n) is 2.47. The molecule has 0 saturated carbocycles. The van der Waals surface area contributed by atoms with Gasteiger partial charge in [0, 0.05) is 17.7 Å². The summed E-state index contributed by atoms with van der Waals surface area (Å²) >= 11 is 0. The quantitative estimate of drug-likeness (QED) is 0.391. The number of nitro benzene ring substituents is 1. The third-order valence-corrected chi connectivity index (χ3v) is 3.81. The standard InChI is InChI=1S/C20H12N2O5/c21-12-16(13-4-6-14(7-5-13)20(23)24)11-18-8-9-19(27-18)15-2-1-3-17(10-15)22(25)26/h1-11H,(H,23,24)/p-1/b16-11+. The Hall–Kier alpha value is -4.18. The Kier molecular flexibility index (Phi) is 4.82. The molecule has 0 atom stereocenters. The molecule has 3 aromatic rings. The lowest BCUT2D eigenvalue weighted by Crippen LogP contribution is -2.21. The number of carboxylic acids is 1. The number of benzene rings is 2. The van der Waals surface area contributed by atoms with Crippen molar-refractivity contribution < 1.29 is 19.2 Å². The number of carbonyl (C=O) groups is 1. The minimum Gasteiger partial charge on any atom is -0.545 e. The normalized spacial score (nSPS) is 11.0. The zero-order chi connectivity index (χ0) is 19.4. The van der Waals surface area contributed by atoms with Crippen molar-refractivity contribution in [2.75, 3.05) is 0 Å². The van der Waals surface area contributed by atoms with Gasteiger partial charge in [-0.25, -0.2) is 0 Å². The van der Waals surface area contributed by atoms with Crippen LogP contribution in [0, 0.1) is 21.4 Å². The smallest absolute Gasteiger partial charge is 0.270 e. The minimum absolute atomic E-state index is 0.0157. The minimum atomic E-state index is -1.29. The van der Waals surface area contributed by atoms with Gasteiger partial charge in [-0.2, -0.15) is 5.26 Å². The number of rotatable bonds is 5. The van der Waals surface area contributed by atoms with E-state index < -0.39 is 10.9 Å². The molecule has 7 nitrogen and oxygen atoms in total. The van der Waals surface area contributed by atoms with E-state index in [1.807, 2.05) is 6.07 Å². The van der Waals surface area contributed by atoms with Gasteiger partial charge in [0.1, 0.15) is 11.5 Å². The Morgan fingerprint density at radius 2 is 1.78 bits per heavy atom. The van der Waals surface area contributed by atoms with Gasteiger partial charge in [-0.3, -0.25) is 10.1 Å². The molecule has 0 aliphatic rings. The molecule has 0 saturated heterocycles. The molecule has 7 heteroatoms. The van der Waals surface area contributed by atoms with E-state index >= 15 is 0 Å². The first-order valence-electron chi connectivity index (χ1n) is 7.76. The summed E-state index contributed by atoms with van der Waals surface area (Å²) in [5, 5.41) is 31.1. The summed E-state index contributed by atoms with van der Waals surface area (Å²) in [6.07, 6.45) is 1.51. The molecule has 27 heavy (non-hydrogen) atoms. The van der Waals surface area contributed by atoms with Crippen molar-refractivity contribution in [3.8, 4) is 17.4 Å². The number of nitro groups is 1. The molecule has 2 aromatic carbocycles. The lowest BCUT2D eigenvalue weighted by molar-refractivity contribution is -0.384. The number of carboxylic acid groups (broad SMARTS) is 1. The Balaban J connectivity index is 1.91. The van der Waals surface area contributed by atoms with Crippen LogP contribution in [-0.2, 0) is 0 Å². The fraction of sp³-hybridized carbons (Fsp3) is 0. The van der Waals surface area contributed by atoms with Crippen LogP contribution in [0.3, 0.4) is 0 Å². The first-order valence-corrected chi connectivity index (χ1v) is 7.76. The van der Waals surface area contributed by atoms with Gasteiger partial charge in [-0.15, -0.1) is 0 Å². The molecular weight excluding hydrogens is 348 g/mol. The summed E-state index contributed by atoms with van der Waals surface area (Å²) in [5.41, 5.74) is 1.31. The lowest BCUT2D eigenvalue weighted by atomic mass is 10.0. The van der Waals surface area contributed by atoms with Gasteiger partial charge in [0.05, 0.1) is 22.5 Å². The second kappa shape index (κ2) is 7.37. The highest BCUT2D eigenvalue weighted by atomic mass is 16.6. The van der Waals surface area contributed by atoms with Crippen molar-refractivity contribution in [1.29, 1.82) is 5.26 Å². The maximum Gasteiger partial charge on any atom is 0.270 e. The number of carbonyl (C=O) groups excluding carboxylic acids is 1. The van der Waals surface area contributed by atoms with Crippen LogP contribution in [0.15, 0.2) is 65.1 Å². The fourth-order valence-corrected chi connectivity index (χ4v) is 2.47. The highest BCUT2D eigenvalue weighted by Crippen LogP contribution is 2.27. The summed E-state index contributed by atoms with van der Waals surface area (Å²) in [5.74, 6) is -0.483. The maximum atomic E-state index is 10.9. The molecule has 0 N–H and O–H groups in total. The Bertz CT molecular complexity index is 1090. The molecule has 0 spiro atoms. The molecule has 0 bridgehead atoms. The molecule has 1 heterocycles. The first kappa shape index (κ1) is 17.6. The second-order valence-corrected chi connectivity index (χ2v) is 5.54. The van der Waals surface area contributed by atoms with Crippen LogP contribution in [0.1, 0.15) is 21.7 Å². The average Bonchev–Trinajstić information content (AvgIpc) is 3.15. The van der Waals surface area contributed by atoms with Crippen LogP contribution in [0.5, 0.6) is 0 Å². The molecule has 132 valence electrons. The molecule has 0 unspecified atom stereocenters. The second-order valence-electron chi connectivity index (χ2n) is 5.54. The molecule has 0 aliphatic heterocycles. The van der Waals surface area contributed by atoms with E-state index in [1.54, 1.807) is 24.3 Å². The van der Waals surface area contributed by atoms with E-state index in [9.17, 15) is 25.3 Å². The van der Waals surface area contributed by atoms with E-state index in [0.717, 1.165) is 0 Å². The third kappa shape index (κ3) is 3.91. The zero-order valence-electron chi connectivity index (χ0n) is 13.8. The highest BCUT2D eigenvalue weighted by Gasteiger charge is 2.10. The maximum absolute atomic E-state index is 10.9. The average molecular weight is 359 g/mol. The topological polar surface area (TPSA) is 120 Å². The number of furan rings is 1. The summed E-state index contributed by atoms with van der Waals surface area (Å²) in [6.45, 7) is 0. The van der Waals surface area contributed by atoms with Crippen LogP contribution in [0.25, 0.3) is 23.0 Å². The van der Waals surface area contributed by atoms with Crippen LogP contribution in [0.4, 0.5) is 5.69 Å². The summed E-state index contributed by atoms with van der Waals surface area (Å²) in [6, 6.07) is 17.1. The molecule has 3 rings (SSSR count). The van der Waals surface area contributed by atoms with E-state index in [-0.39, 0.29) is 16.8 Å². The predicted molar refractivity (Wildman–Crippen MR) is 95.1 cm³/mol. The van der Waals surface area contributed by atoms with Gasteiger partial charge in [0.25, 0.3) is 5.69 Å². The van der Waals surface area contributed by atoms with Crippen LogP contribution >= 0.6 is 0 Å². The van der Waals surface area contributed by atoms with Gasteiger partial charge in [0.2, 0.25) is 0 Å². The summed E-state index contributed by atoms with van der Waals surface area (Å²) < 4.78 is 5.67. The van der Waals surface area contributed by atoms with Gasteiger partial charge in [0.15, 0.2) is 0 Å². The SMILES string of the molecule is N#C/C(=C\c1ccc(-c2cccc([N+](=O)[O-])c2)o1)c1ccc(C(=O)[O-])cc1. The highest BCUT2D eigenvalue weighted by molar-refractivity contribution is 5.91. The Labute approximate surface area is 153 Å². The van der Waals surface area contributed by atoms with Crippen molar-refractivity contribution in [3.05, 3.63) is 87.7 Å². The van der Waals surface area contributed by atoms with Crippen LogP contribution < -0.4 is 5.11 Å². The van der Waals surface area contributed by atoms with Crippen molar-refractivity contribution in [2.24, 2.45) is 0 Å². The number of allylic oxidation sites excluding steroid dienone is 1. The molecule has 0 aliphatic carbocycles. The van der Waals surface area contributed by atoms with E-state index in [2.05, 4.69) is 0 Å². The number of aromatic carboxylic acids is 1. The van der Waals surface area contributed by atoms with Gasteiger partial charge >= 0.3 is 0 Å². The first-order chi connectivity index (χ1) is 13.0. The van der Waals surface area contributed by atoms with Crippen LogP contribution in [0.2, 0.25) is 0 Å². The van der Waals surface area contributed by atoms with E-state index in [1.165, 1.54) is 42.5 Å². The summed E-state index contributed by atoms with van der Waals surface area (Å²) in [4.78, 5) is 21.2. The summed E-state index contributed by atoms with van der Waals surface area (Å²) in [7, 11) is 0. The van der Waals surface area contributed by atoms with Gasteiger partial charge in [-0.05, 0) is 29.3 Å². The molecule has 0 fully saturated rings. The van der Waals surface area contributed by atoms with Crippen molar-refractivity contribution in [2.45, 2.75) is 0 Å². The number of hydrogen-bond donors (Lipinski definition) is 0. The van der Waals surface area contributed by atoms with Crippen molar-refractivity contribution >= 4 is 23.3 Å². The number of hydrogen-bond acceptors (Lipinski definition) is 6. The zero-order valence-corrected chi connectivity index (χ0v) is 13.8. The van der Waals surface area contributed by atoms with Crippen LogP contribution in [-0.4, -0.2) is 10.9 Å². The predicted octanol–water partition coefficient (Wildman–Crippen LogP) is 3.28. The molecule has 1 aromatic heterocycles. The van der Waals surface area contributed by atoms with Gasteiger partial charge < -0.3 is 14.3 Å². The Morgan fingerprint density at radius 1 is 1.07 bits per heavy atom. The molecule has 0 amide bonds. The molecule has 0 radical (unpaired) electrons. The third-order valence-electron chi connectivity index (χ3n) is 3.81. The number of nitriles is 1. The number of nitrogens with zero attached hydrogens (tertiary/aromatic N) is 2. The monoisotopic (exact) mass is 359 g/mol. The lowest BCUT2D eigenvalue weighted by Gasteiger charge is -2.03. The van der Waals surface area contributed by atoms with Crippen molar-refractivity contribution in [3.63, 3.8) is 0 Å². The molecular formula is C20H11N2O5-. The Morgan fingerprint density at radius 3 is 2.41 bits per heavy atom. The van der Waals surface area contributed by atoms with E-state index in [4.69, 9.17) is 4.42 Å². The largest absolute Gasteiger partial charge is 0.545 e. The van der Waals surface area contributed by atoms with Gasteiger partial charge in [-0.1, -0.05) is 36.4 Å². The van der Waals surface area contributed by atoms with Crippen molar-refractivity contribution in [1.82, 2.24) is 0 Å². The number of non-ortho nitro benzene ring substituents is 1.